The molecule has 0 aliphatic carbocycles. The van der Waals surface area contributed by atoms with Crippen LogP contribution >= 0.6 is 11.6 Å². The monoisotopic (exact) mass is 580 g/mol. The molecule has 0 fully saturated rings. The molecule has 2 aliphatic rings. The molecular weight excluding hydrogens is 550 g/mol. The molecule has 1 unspecified atom stereocenters. The predicted octanol–water partition coefficient (Wildman–Crippen LogP) is 7.68. The van der Waals surface area contributed by atoms with Gasteiger partial charge in [-0.05, 0) is 60.9 Å². The number of carbonyl (C=O) groups excluding carboxylic acids is 1. The molecule has 2 N–H and O–H groups in total. The third-order valence-corrected chi connectivity index (χ3v) is 7.36. The molecule has 0 saturated carbocycles. The number of para-hydroxylation sites is 1. The summed E-state index contributed by atoms with van der Waals surface area (Å²) in [5.41, 5.74) is 2.35. The van der Waals surface area contributed by atoms with Crippen molar-refractivity contribution in [2.45, 2.75) is 39.7 Å². The van der Waals surface area contributed by atoms with Gasteiger partial charge in [-0.25, -0.2) is 8.78 Å². The molecule has 41 heavy (non-hydrogen) atoms. The van der Waals surface area contributed by atoms with Crippen molar-refractivity contribution in [2.75, 3.05) is 23.4 Å². The second-order valence-corrected chi connectivity index (χ2v) is 11.7. The van der Waals surface area contributed by atoms with E-state index in [4.69, 9.17) is 21.1 Å². The first-order valence-corrected chi connectivity index (χ1v) is 13.6. The molecule has 3 aromatic rings. The number of hydrogen-bond donors (Lipinski definition) is 2. The van der Waals surface area contributed by atoms with Gasteiger partial charge in [0.05, 0.1) is 24.4 Å². The molecule has 1 atom stereocenters. The first kappa shape index (κ1) is 28.5. The molecular formula is C32H31ClF2N2O4. The molecule has 6 nitrogen and oxygen atoms in total. The fourth-order valence-corrected chi connectivity index (χ4v) is 5.32. The Hall–Kier alpha value is -4.04. The van der Waals surface area contributed by atoms with Crippen LogP contribution in [0.5, 0.6) is 11.5 Å². The Kier molecular flexibility index (Phi) is 7.70. The summed E-state index contributed by atoms with van der Waals surface area (Å²) in [6.07, 6.45) is 0.320. The maximum Gasteiger partial charge on any atom is 0.232 e. The molecule has 0 radical (unpaired) electrons. The number of hydrogen-bond acceptors (Lipinski definition) is 5. The molecule has 0 spiro atoms. The van der Waals surface area contributed by atoms with E-state index in [1.807, 2.05) is 20.8 Å². The first-order chi connectivity index (χ1) is 19.4. The highest BCUT2D eigenvalue weighted by atomic mass is 35.5. The summed E-state index contributed by atoms with van der Waals surface area (Å²) >= 11 is 6.28. The standard InChI is InChI=1S/C32H31ClF2N2O4/c1-18(2)16-40-21-10-11-22(24(35)14-21)30-31-25(15-32(3,4)17-41-31)36-29-26(6-5-7-27(29)38)37(30)28(39)12-19-8-9-20(34)13-23(19)33/h5-11,13-14,30,36,38H,1,12,15-17H2,2-4H3. The summed E-state index contributed by atoms with van der Waals surface area (Å²) in [5, 5.41) is 14.3. The number of rotatable bonds is 6. The lowest BCUT2D eigenvalue weighted by Gasteiger charge is -2.38. The molecule has 2 aliphatic heterocycles. The van der Waals surface area contributed by atoms with E-state index >= 15 is 4.39 Å². The lowest BCUT2D eigenvalue weighted by Crippen LogP contribution is -2.39. The Morgan fingerprint density at radius 3 is 2.71 bits per heavy atom. The van der Waals surface area contributed by atoms with Gasteiger partial charge >= 0.3 is 0 Å². The van der Waals surface area contributed by atoms with Gasteiger partial charge in [-0.3, -0.25) is 9.69 Å². The molecule has 214 valence electrons. The van der Waals surface area contributed by atoms with Gasteiger partial charge in [0.25, 0.3) is 0 Å². The van der Waals surface area contributed by atoms with E-state index < -0.39 is 23.6 Å². The maximum absolute atomic E-state index is 16.0. The number of amides is 1. The van der Waals surface area contributed by atoms with Gasteiger partial charge in [0.15, 0.2) is 0 Å². The van der Waals surface area contributed by atoms with Crippen LogP contribution in [0.3, 0.4) is 0 Å². The fraction of sp³-hybridized carbons (Fsp3) is 0.281. The lowest BCUT2D eigenvalue weighted by atomic mass is 9.85. The van der Waals surface area contributed by atoms with Crippen LogP contribution in [0, 0.1) is 17.0 Å². The minimum absolute atomic E-state index is 0.0833. The SMILES string of the molecule is C=C(C)COc1ccc(C2C3=C(CC(C)(C)CO3)Nc3c(O)cccc3N2C(=O)Cc2ccc(F)cc2Cl)c(F)c1. The van der Waals surface area contributed by atoms with Gasteiger partial charge in [-0.2, -0.15) is 0 Å². The van der Waals surface area contributed by atoms with Crippen molar-refractivity contribution in [3.8, 4) is 11.5 Å². The normalized spacial score (nSPS) is 17.5. The predicted molar refractivity (Wildman–Crippen MR) is 155 cm³/mol. The van der Waals surface area contributed by atoms with Crippen molar-refractivity contribution in [1.29, 1.82) is 0 Å². The van der Waals surface area contributed by atoms with E-state index in [2.05, 4.69) is 11.9 Å². The summed E-state index contributed by atoms with van der Waals surface area (Å²) in [6, 6.07) is 12.1. The van der Waals surface area contributed by atoms with Crippen LogP contribution in [0.2, 0.25) is 5.02 Å². The zero-order valence-corrected chi connectivity index (χ0v) is 23.8. The number of phenolic OH excluding ortho intramolecular Hbond substituents is 1. The second-order valence-electron chi connectivity index (χ2n) is 11.3. The fourth-order valence-electron chi connectivity index (χ4n) is 5.09. The van der Waals surface area contributed by atoms with Crippen molar-refractivity contribution in [2.24, 2.45) is 5.41 Å². The number of carbonyl (C=O) groups is 1. The van der Waals surface area contributed by atoms with E-state index in [0.717, 1.165) is 11.6 Å². The summed E-state index contributed by atoms with van der Waals surface area (Å²) < 4.78 is 41.7. The average molecular weight is 581 g/mol. The topological polar surface area (TPSA) is 71.0 Å². The Bertz CT molecular complexity index is 1570. The number of nitrogens with zero attached hydrogens (tertiary/aromatic N) is 1. The van der Waals surface area contributed by atoms with E-state index in [1.54, 1.807) is 24.3 Å². The highest BCUT2D eigenvalue weighted by Crippen LogP contribution is 2.50. The zero-order valence-electron chi connectivity index (χ0n) is 23.1. The third-order valence-electron chi connectivity index (χ3n) is 7.01. The van der Waals surface area contributed by atoms with Crippen LogP contribution < -0.4 is 15.0 Å². The second kappa shape index (κ2) is 11.1. The summed E-state index contributed by atoms with van der Waals surface area (Å²) in [4.78, 5) is 15.6. The maximum atomic E-state index is 16.0. The Balaban J connectivity index is 1.69. The molecule has 2 heterocycles. The van der Waals surface area contributed by atoms with E-state index in [1.165, 1.54) is 29.2 Å². The summed E-state index contributed by atoms with van der Waals surface area (Å²) in [6.45, 7) is 10.3. The molecule has 9 heteroatoms. The summed E-state index contributed by atoms with van der Waals surface area (Å²) in [7, 11) is 0. The summed E-state index contributed by atoms with van der Waals surface area (Å²) in [5.74, 6) is -0.984. The van der Waals surface area contributed by atoms with Crippen LogP contribution in [0.25, 0.3) is 0 Å². The van der Waals surface area contributed by atoms with Gasteiger partial charge in [-0.15, -0.1) is 0 Å². The average Bonchev–Trinajstić information content (AvgIpc) is 3.03. The highest BCUT2D eigenvalue weighted by Gasteiger charge is 2.42. The number of aromatic hydroxyl groups is 1. The van der Waals surface area contributed by atoms with Gasteiger partial charge in [0.1, 0.15) is 47.2 Å². The minimum atomic E-state index is -1.03. The number of halogens is 3. The van der Waals surface area contributed by atoms with Crippen molar-refractivity contribution in [1.82, 2.24) is 0 Å². The molecule has 0 aromatic heterocycles. The molecule has 1 amide bonds. The Morgan fingerprint density at radius 1 is 1.22 bits per heavy atom. The van der Waals surface area contributed by atoms with Crippen LogP contribution in [-0.4, -0.2) is 24.2 Å². The number of ether oxygens (including phenoxy) is 2. The van der Waals surface area contributed by atoms with Gasteiger partial charge in [0, 0.05) is 22.1 Å². The number of fused-ring (bicyclic) bond motifs is 1. The molecule has 0 bridgehead atoms. The van der Waals surface area contributed by atoms with Gasteiger partial charge in [0.2, 0.25) is 5.91 Å². The van der Waals surface area contributed by atoms with E-state index in [0.29, 0.717) is 47.2 Å². The lowest BCUT2D eigenvalue weighted by molar-refractivity contribution is -0.118. The number of anilines is 2. The number of allylic oxidation sites excluding steroid dienone is 1. The number of phenols is 1. The van der Waals surface area contributed by atoms with Crippen molar-refractivity contribution in [3.63, 3.8) is 0 Å². The smallest absolute Gasteiger partial charge is 0.232 e. The highest BCUT2D eigenvalue weighted by molar-refractivity contribution is 6.31. The van der Waals surface area contributed by atoms with E-state index in [9.17, 15) is 14.3 Å². The van der Waals surface area contributed by atoms with Crippen LogP contribution in [0.4, 0.5) is 20.2 Å². The minimum Gasteiger partial charge on any atom is -0.506 e. The zero-order chi connectivity index (χ0) is 29.5. The Morgan fingerprint density at radius 2 is 2.00 bits per heavy atom. The Labute approximate surface area is 242 Å². The molecule has 3 aromatic carbocycles. The number of nitrogens with one attached hydrogen (secondary N) is 1. The number of benzene rings is 3. The van der Waals surface area contributed by atoms with Gasteiger partial charge < -0.3 is 19.9 Å². The largest absolute Gasteiger partial charge is 0.506 e. The third kappa shape index (κ3) is 5.88. The van der Waals surface area contributed by atoms with Crippen molar-refractivity contribution in [3.05, 3.63) is 106 Å². The molecule has 5 rings (SSSR count). The van der Waals surface area contributed by atoms with Crippen LogP contribution in [0.1, 0.15) is 44.4 Å². The van der Waals surface area contributed by atoms with E-state index in [-0.39, 0.29) is 34.8 Å². The van der Waals surface area contributed by atoms with Crippen molar-refractivity contribution >= 4 is 28.9 Å². The van der Waals surface area contributed by atoms with Crippen molar-refractivity contribution < 1.29 is 28.2 Å². The molecule has 0 saturated heterocycles. The van der Waals surface area contributed by atoms with Crippen LogP contribution in [0.15, 0.2) is 78.2 Å². The van der Waals surface area contributed by atoms with Gasteiger partial charge in [-0.1, -0.05) is 44.2 Å². The van der Waals surface area contributed by atoms with Crippen LogP contribution in [-0.2, 0) is 16.0 Å². The quantitative estimate of drug-likeness (QED) is 0.231. The first-order valence-electron chi connectivity index (χ1n) is 13.2.